The molecule has 0 bridgehead atoms. The van der Waals surface area contributed by atoms with Crippen LogP contribution in [0.3, 0.4) is 0 Å². The van der Waals surface area contributed by atoms with Crippen LogP contribution >= 0.6 is 0 Å². The average molecular weight is 880 g/mol. The van der Waals surface area contributed by atoms with E-state index in [0.29, 0.717) is 0 Å². The molecule has 0 fully saturated rings. The molecular weight excluding hydrogens is 823 g/mol. The highest BCUT2D eigenvalue weighted by Gasteiger charge is 2.49. The Kier molecular flexibility index (Phi) is 9.29. The van der Waals surface area contributed by atoms with E-state index in [1.807, 2.05) is 6.07 Å². The van der Waals surface area contributed by atoms with Gasteiger partial charge in [0.2, 0.25) is 0 Å². The molecule has 9 aromatic carbocycles. The lowest BCUT2D eigenvalue weighted by atomic mass is 9.63. The Morgan fingerprint density at radius 3 is 1.71 bits per heavy atom. The smallest absolute Gasteiger partial charge is 0.143 e. The van der Waals surface area contributed by atoms with Crippen LogP contribution < -0.4 is 4.90 Å². The number of hydrogen-bond donors (Lipinski definition) is 0. The highest BCUT2D eigenvalue weighted by atomic mass is 16.3. The molecule has 68 heavy (non-hydrogen) atoms. The van der Waals surface area contributed by atoms with Gasteiger partial charge in [0.25, 0.3) is 0 Å². The third-order valence-corrected chi connectivity index (χ3v) is 15.2. The van der Waals surface area contributed by atoms with Crippen molar-refractivity contribution in [2.75, 3.05) is 4.90 Å². The Morgan fingerprint density at radius 2 is 1.00 bits per heavy atom. The highest BCUT2D eigenvalue weighted by molar-refractivity contribution is 6.09. The van der Waals surface area contributed by atoms with Crippen molar-refractivity contribution in [3.05, 3.63) is 245 Å². The third kappa shape index (κ3) is 6.23. The van der Waals surface area contributed by atoms with E-state index in [-0.39, 0.29) is 16.2 Å². The van der Waals surface area contributed by atoms with E-state index in [9.17, 15) is 0 Å². The first-order chi connectivity index (χ1) is 32.7. The molecule has 0 N–H and O–H groups in total. The van der Waals surface area contributed by atoms with Gasteiger partial charge in [0.15, 0.2) is 0 Å². The van der Waals surface area contributed by atoms with E-state index < -0.39 is 5.41 Å². The summed E-state index contributed by atoms with van der Waals surface area (Å²) in [5.41, 5.74) is 22.4. The summed E-state index contributed by atoms with van der Waals surface area (Å²) in [6, 6.07) is 74.9. The summed E-state index contributed by atoms with van der Waals surface area (Å²) in [4.78, 5) is 2.48. The molecule has 0 amide bonds. The first-order valence-corrected chi connectivity index (χ1v) is 24.3. The quantitative estimate of drug-likeness (QED) is 0.165. The Morgan fingerprint density at radius 1 is 0.412 bits per heavy atom. The van der Waals surface area contributed by atoms with Crippen LogP contribution in [-0.2, 0) is 21.7 Å². The Bertz CT molecular complexity index is 3560. The van der Waals surface area contributed by atoms with Crippen LogP contribution in [0.2, 0.25) is 0 Å². The van der Waals surface area contributed by atoms with Crippen molar-refractivity contribution >= 4 is 39.0 Å². The van der Waals surface area contributed by atoms with Gasteiger partial charge in [-0.3, -0.25) is 0 Å². The molecule has 0 saturated carbocycles. The second-order valence-corrected chi connectivity index (χ2v) is 21.7. The second-order valence-electron chi connectivity index (χ2n) is 21.7. The van der Waals surface area contributed by atoms with Gasteiger partial charge in [-0.25, -0.2) is 0 Å². The van der Waals surface area contributed by atoms with Gasteiger partial charge < -0.3 is 9.32 Å². The number of fused-ring (bicyclic) bond motifs is 9. The van der Waals surface area contributed by atoms with Crippen molar-refractivity contribution < 1.29 is 4.42 Å². The summed E-state index contributed by atoms with van der Waals surface area (Å²) in [7, 11) is 0. The fourth-order valence-electron chi connectivity index (χ4n) is 11.8. The fraction of sp³-hybridized carbons (Fsp3) is 0.182. The van der Waals surface area contributed by atoms with Gasteiger partial charge in [0.1, 0.15) is 11.2 Å². The zero-order valence-electron chi connectivity index (χ0n) is 40.4. The molecule has 0 atom stereocenters. The molecule has 2 nitrogen and oxygen atoms in total. The molecular formula is C66H57NO. The monoisotopic (exact) mass is 879 g/mol. The third-order valence-electron chi connectivity index (χ3n) is 15.2. The predicted molar refractivity (Wildman–Crippen MR) is 286 cm³/mol. The lowest BCUT2D eigenvalue weighted by Gasteiger charge is -2.38. The minimum Gasteiger partial charge on any atom is -0.455 e. The number of benzene rings is 9. The summed E-state index contributed by atoms with van der Waals surface area (Å²) >= 11 is 0. The van der Waals surface area contributed by atoms with E-state index in [0.717, 1.165) is 50.1 Å². The van der Waals surface area contributed by atoms with E-state index in [2.05, 4.69) is 254 Å². The van der Waals surface area contributed by atoms with E-state index >= 15 is 0 Å². The average Bonchev–Trinajstić information content (AvgIpc) is 3.95. The summed E-state index contributed by atoms with van der Waals surface area (Å²) in [5.74, 6) is 0. The van der Waals surface area contributed by atoms with Gasteiger partial charge in [0, 0.05) is 38.8 Å². The predicted octanol–water partition coefficient (Wildman–Crippen LogP) is 18.0. The van der Waals surface area contributed by atoms with Crippen LogP contribution in [0.1, 0.15) is 99.9 Å². The zero-order valence-corrected chi connectivity index (χ0v) is 40.4. The normalized spacial score (nSPS) is 14.4. The number of anilines is 3. The molecule has 0 saturated heterocycles. The minimum atomic E-state index is -0.543. The number of hydrogen-bond acceptors (Lipinski definition) is 2. The molecule has 2 aliphatic rings. The molecule has 332 valence electrons. The molecule has 1 aromatic heterocycles. The summed E-state index contributed by atoms with van der Waals surface area (Å²) < 4.78 is 6.54. The molecule has 0 spiro atoms. The van der Waals surface area contributed by atoms with Crippen molar-refractivity contribution in [3.8, 4) is 33.4 Å². The van der Waals surface area contributed by atoms with Crippen LogP contribution in [0.25, 0.3) is 55.3 Å². The lowest BCUT2D eigenvalue weighted by molar-refractivity contribution is 0.557. The highest BCUT2D eigenvalue weighted by Crippen LogP contribution is 2.60. The van der Waals surface area contributed by atoms with Gasteiger partial charge in [-0.05, 0) is 126 Å². The maximum absolute atomic E-state index is 6.54. The van der Waals surface area contributed by atoms with Gasteiger partial charge in [-0.1, -0.05) is 213 Å². The number of para-hydroxylation sites is 2. The van der Waals surface area contributed by atoms with E-state index in [4.69, 9.17) is 4.42 Å². The maximum Gasteiger partial charge on any atom is 0.143 e. The Labute approximate surface area is 401 Å². The summed E-state index contributed by atoms with van der Waals surface area (Å²) in [5, 5.41) is 2.27. The summed E-state index contributed by atoms with van der Waals surface area (Å²) in [6.45, 7) is 19.0. The standard InChI is InChI=1S/C66H57NO/c1-63(2,3)45-38-55-54-40-47(35-37-57(54)66(43-20-11-9-12-21-43,44-22-13-10-14-23-44)61(55)59(39-45)64(4,5)6)67(48-34-36-51-50-24-15-17-28-56(50)65(7,8)58(51)41-48)46-32-30-42(31-33-46)49-26-19-27-53-52-25-16-18-29-60(52)68-62(49)53/h9-41H,1-8H3. The van der Waals surface area contributed by atoms with Crippen molar-refractivity contribution in [2.45, 2.75) is 77.0 Å². The molecule has 2 aliphatic carbocycles. The molecule has 12 rings (SSSR count). The Hall–Kier alpha value is -7.42. The van der Waals surface area contributed by atoms with E-state index in [1.165, 1.54) is 66.8 Å². The number of nitrogens with zero attached hydrogens (tertiary/aromatic N) is 1. The molecule has 2 heteroatoms. The van der Waals surface area contributed by atoms with Gasteiger partial charge >= 0.3 is 0 Å². The number of rotatable bonds is 6. The van der Waals surface area contributed by atoms with Crippen molar-refractivity contribution in [3.63, 3.8) is 0 Å². The molecule has 1 heterocycles. The zero-order chi connectivity index (χ0) is 46.7. The SMILES string of the molecule is CC(C)(C)c1cc2c(c(C(C)(C)C)c1)C(c1ccccc1)(c1ccccc1)c1ccc(N(c3ccc(-c4cccc5c4oc4ccccc45)cc3)c3ccc4c(c3)C(C)(C)c3ccccc3-4)cc1-2. The van der Waals surface area contributed by atoms with Crippen molar-refractivity contribution in [1.82, 2.24) is 0 Å². The summed E-state index contributed by atoms with van der Waals surface area (Å²) in [6.07, 6.45) is 0. The van der Waals surface area contributed by atoms with Crippen LogP contribution in [0.4, 0.5) is 17.1 Å². The molecule has 0 unspecified atom stereocenters. The minimum absolute atomic E-state index is 0.0627. The molecule has 0 radical (unpaired) electrons. The van der Waals surface area contributed by atoms with Crippen LogP contribution in [0.5, 0.6) is 0 Å². The Balaban J connectivity index is 1.11. The van der Waals surface area contributed by atoms with Gasteiger partial charge in [0.05, 0.1) is 5.41 Å². The lowest BCUT2D eigenvalue weighted by Crippen LogP contribution is -2.32. The first-order valence-electron chi connectivity index (χ1n) is 24.3. The van der Waals surface area contributed by atoms with Crippen LogP contribution in [0.15, 0.2) is 205 Å². The van der Waals surface area contributed by atoms with Crippen molar-refractivity contribution in [1.29, 1.82) is 0 Å². The van der Waals surface area contributed by atoms with Gasteiger partial charge in [-0.2, -0.15) is 0 Å². The molecule has 10 aromatic rings. The largest absolute Gasteiger partial charge is 0.455 e. The maximum atomic E-state index is 6.54. The van der Waals surface area contributed by atoms with Crippen LogP contribution in [-0.4, -0.2) is 0 Å². The van der Waals surface area contributed by atoms with Crippen LogP contribution in [0, 0.1) is 0 Å². The van der Waals surface area contributed by atoms with E-state index in [1.54, 1.807) is 0 Å². The van der Waals surface area contributed by atoms with Gasteiger partial charge in [-0.15, -0.1) is 0 Å². The topological polar surface area (TPSA) is 16.4 Å². The van der Waals surface area contributed by atoms with Crippen molar-refractivity contribution in [2.24, 2.45) is 0 Å². The number of furan rings is 1. The first kappa shape index (κ1) is 42.0. The fourth-order valence-corrected chi connectivity index (χ4v) is 11.8. The second kappa shape index (κ2) is 15.0. The molecule has 0 aliphatic heterocycles.